The van der Waals surface area contributed by atoms with Gasteiger partial charge in [0.05, 0.1) is 6.61 Å². The normalized spacial score (nSPS) is 10.3. The molecule has 84 valence electrons. The summed E-state index contributed by atoms with van der Waals surface area (Å²) in [6.07, 6.45) is 6.06. The number of halogens is 1. The van der Waals surface area contributed by atoms with Crippen molar-refractivity contribution in [2.45, 2.75) is 39.0 Å². The van der Waals surface area contributed by atoms with Gasteiger partial charge < -0.3 is 4.74 Å². The Balaban J connectivity index is 2.10. The largest absolute Gasteiger partial charge is 0.493 e. The van der Waals surface area contributed by atoms with Gasteiger partial charge in [-0.3, -0.25) is 0 Å². The quantitative estimate of drug-likeness (QED) is 0.613. The first-order valence-electron chi connectivity index (χ1n) is 5.71. The molecule has 2 heteroatoms. The van der Waals surface area contributed by atoms with Gasteiger partial charge in [0.2, 0.25) is 0 Å². The molecule has 0 bridgehead atoms. The van der Waals surface area contributed by atoms with Gasteiger partial charge in [-0.15, -0.1) is 0 Å². The zero-order chi connectivity index (χ0) is 10.9. The minimum Gasteiger partial charge on any atom is -0.493 e. The van der Waals surface area contributed by atoms with Crippen molar-refractivity contribution in [2.75, 3.05) is 6.61 Å². The Labute approximate surface area is 91.3 Å². The van der Waals surface area contributed by atoms with E-state index in [0.29, 0.717) is 12.4 Å². The Morgan fingerprint density at radius 1 is 1.13 bits per heavy atom. The summed E-state index contributed by atoms with van der Waals surface area (Å²) in [5, 5.41) is 0. The summed E-state index contributed by atoms with van der Waals surface area (Å²) in [6, 6.07) is 6.30. The maximum Gasteiger partial charge on any atom is 0.126 e. The highest BCUT2D eigenvalue weighted by Gasteiger charge is 1.95. The molecule has 0 aromatic heterocycles. The lowest BCUT2D eigenvalue weighted by Gasteiger charge is -2.05. The molecule has 0 heterocycles. The van der Waals surface area contributed by atoms with Crippen molar-refractivity contribution < 1.29 is 9.13 Å². The van der Waals surface area contributed by atoms with Crippen LogP contribution in [0.2, 0.25) is 0 Å². The summed E-state index contributed by atoms with van der Waals surface area (Å²) in [4.78, 5) is 0. The van der Waals surface area contributed by atoms with E-state index >= 15 is 0 Å². The first-order valence-corrected chi connectivity index (χ1v) is 5.71. The van der Waals surface area contributed by atoms with Crippen molar-refractivity contribution >= 4 is 0 Å². The minimum atomic E-state index is -0.238. The van der Waals surface area contributed by atoms with Crippen LogP contribution in [0.25, 0.3) is 0 Å². The van der Waals surface area contributed by atoms with Gasteiger partial charge in [0.15, 0.2) is 0 Å². The van der Waals surface area contributed by atoms with Gasteiger partial charge in [-0.2, -0.15) is 0 Å². The van der Waals surface area contributed by atoms with Crippen LogP contribution < -0.4 is 4.74 Å². The summed E-state index contributed by atoms with van der Waals surface area (Å²) in [6.45, 7) is 2.89. The van der Waals surface area contributed by atoms with Gasteiger partial charge in [-0.05, 0) is 18.6 Å². The van der Waals surface area contributed by atoms with E-state index in [2.05, 4.69) is 6.92 Å². The highest BCUT2D eigenvalue weighted by Crippen LogP contribution is 2.12. The van der Waals surface area contributed by atoms with Crippen molar-refractivity contribution in [1.82, 2.24) is 0 Å². The molecule has 0 saturated carbocycles. The molecule has 0 unspecified atom stereocenters. The molecular formula is C13H19FO. The van der Waals surface area contributed by atoms with Crippen LogP contribution in [0.5, 0.6) is 5.75 Å². The summed E-state index contributed by atoms with van der Waals surface area (Å²) in [5.41, 5.74) is 0. The molecule has 0 N–H and O–H groups in total. The van der Waals surface area contributed by atoms with Gasteiger partial charge in [0, 0.05) is 6.07 Å². The van der Waals surface area contributed by atoms with Gasteiger partial charge in [0.25, 0.3) is 0 Å². The van der Waals surface area contributed by atoms with Gasteiger partial charge >= 0.3 is 0 Å². The molecule has 0 aliphatic carbocycles. The smallest absolute Gasteiger partial charge is 0.126 e. The van der Waals surface area contributed by atoms with E-state index in [9.17, 15) is 4.39 Å². The third kappa shape index (κ3) is 5.40. The molecule has 1 aromatic rings. The molecule has 0 aliphatic heterocycles. The van der Waals surface area contributed by atoms with Crippen molar-refractivity contribution in [3.05, 3.63) is 30.1 Å². The summed E-state index contributed by atoms with van der Waals surface area (Å²) in [7, 11) is 0. The predicted molar refractivity (Wildman–Crippen MR) is 60.7 cm³/mol. The molecule has 1 aromatic carbocycles. The predicted octanol–water partition coefficient (Wildman–Crippen LogP) is 4.17. The molecule has 1 rings (SSSR count). The van der Waals surface area contributed by atoms with E-state index in [0.717, 1.165) is 6.42 Å². The van der Waals surface area contributed by atoms with Crippen LogP contribution >= 0.6 is 0 Å². The average Bonchev–Trinajstić information content (AvgIpc) is 2.23. The van der Waals surface area contributed by atoms with Crippen molar-refractivity contribution in [3.63, 3.8) is 0 Å². The van der Waals surface area contributed by atoms with E-state index in [1.807, 2.05) is 0 Å². The number of hydrogen-bond donors (Lipinski definition) is 0. The topological polar surface area (TPSA) is 9.23 Å². The number of benzene rings is 1. The molecule has 0 saturated heterocycles. The second-order valence-corrected chi connectivity index (χ2v) is 3.72. The second kappa shape index (κ2) is 7.27. The lowest BCUT2D eigenvalue weighted by atomic mass is 10.2. The van der Waals surface area contributed by atoms with Crippen LogP contribution in [0.3, 0.4) is 0 Å². The zero-order valence-corrected chi connectivity index (χ0v) is 9.34. The highest BCUT2D eigenvalue weighted by molar-refractivity contribution is 5.22. The van der Waals surface area contributed by atoms with Crippen LogP contribution in [0.15, 0.2) is 24.3 Å². The molecule has 15 heavy (non-hydrogen) atoms. The van der Waals surface area contributed by atoms with Crippen molar-refractivity contribution in [1.29, 1.82) is 0 Å². The molecule has 0 fully saturated rings. The Kier molecular flexibility index (Phi) is 5.83. The fourth-order valence-corrected chi connectivity index (χ4v) is 1.45. The molecule has 0 atom stereocenters. The van der Waals surface area contributed by atoms with E-state index in [1.165, 1.54) is 37.8 Å². The third-order valence-corrected chi connectivity index (χ3v) is 2.31. The average molecular weight is 210 g/mol. The lowest BCUT2D eigenvalue weighted by molar-refractivity contribution is 0.303. The molecule has 0 spiro atoms. The summed E-state index contributed by atoms with van der Waals surface area (Å²) < 4.78 is 18.2. The molecule has 0 aliphatic rings. The monoisotopic (exact) mass is 210 g/mol. The summed E-state index contributed by atoms with van der Waals surface area (Å²) >= 11 is 0. The Morgan fingerprint density at radius 2 is 1.93 bits per heavy atom. The first kappa shape index (κ1) is 12.0. The SMILES string of the molecule is CCCCCCCOc1cccc(F)c1. The van der Waals surface area contributed by atoms with Crippen molar-refractivity contribution in [3.8, 4) is 5.75 Å². The van der Waals surface area contributed by atoms with Crippen LogP contribution in [-0.2, 0) is 0 Å². The van der Waals surface area contributed by atoms with E-state index in [1.54, 1.807) is 12.1 Å². The van der Waals surface area contributed by atoms with Gasteiger partial charge in [-0.25, -0.2) is 4.39 Å². The van der Waals surface area contributed by atoms with Crippen LogP contribution in [0, 0.1) is 5.82 Å². The van der Waals surface area contributed by atoms with Crippen LogP contribution in [0.4, 0.5) is 4.39 Å². The maximum absolute atomic E-state index is 12.8. The number of hydrogen-bond acceptors (Lipinski definition) is 1. The molecule has 0 radical (unpaired) electrons. The Hall–Kier alpha value is -1.05. The fraction of sp³-hybridized carbons (Fsp3) is 0.538. The Morgan fingerprint density at radius 3 is 2.67 bits per heavy atom. The highest BCUT2D eigenvalue weighted by atomic mass is 19.1. The number of rotatable bonds is 7. The maximum atomic E-state index is 12.8. The first-order chi connectivity index (χ1) is 7.33. The van der Waals surface area contributed by atoms with Gasteiger partial charge in [-0.1, -0.05) is 38.7 Å². The summed E-state index contributed by atoms with van der Waals surface area (Å²) in [5.74, 6) is 0.393. The zero-order valence-electron chi connectivity index (χ0n) is 9.34. The molecule has 0 amide bonds. The van der Waals surface area contributed by atoms with E-state index in [-0.39, 0.29) is 5.82 Å². The minimum absolute atomic E-state index is 0.238. The van der Waals surface area contributed by atoms with E-state index < -0.39 is 0 Å². The third-order valence-electron chi connectivity index (χ3n) is 2.31. The number of ether oxygens (including phenoxy) is 1. The standard InChI is InChI=1S/C13H19FO/c1-2-3-4-5-6-10-15-13-9-7-8-12(14)11-13/h7-9,11H,2-6,10H2,1H3. The molecule has 1 nitrogen and oxygen atoms in total. The number of unbranched alkanes of at least 4 members (excludes halogenated alkanes) is 4. The lowest BCUT2D eigenvalue weighted by Crippen LogP contribution is -1.97. The van der Waals surface area contributed by atoms with Crippen LogP contribution in [0.1, 0.15) is 39.0 Å². The van der Waals surface area contributed by atoms with Gasteiger partial charge in [0.1, 0.15) is 11.6 Å². The Bertz CT molecular complexity index is 273. The second-order valence-electron chi connectivity index (χ2n) is 3.72. The molecular weight excluding hydrogens is 191 g/mol. The van der Waals surface area contributed by atoms with Crippen molar-refractivity contribution in [2.24, 2.45) is 0 Å². The van der Waals surface area contributed by atoms with E-state index in [4.69, 9.17) is 4.74 Å². The van der Waals surface area contributed by atoms with Crippen LogP contribution in [-0.4, -0.2) is 6.61 Å². The fourth-order valence-electron chi connectivity index (χ4n) is 1.45.